The van der Waals surface area contributed by atoms with Crippen LogP contribution in [-0.4, -0.2) is 21.1 Å². The predicted octanol–water partition coefficient (Wildman–Crippen LogP) is 5.87. The number of hydrogen-bond donors (Lipinski definition) is 2. The molecule has 150 valence electrons. The number of amides is 1. The first-order valence-electron chi connectivity index (χ1n) is 9.74. The average Bonchev–Trinajstić information content (AvgIpc) is 3.15. The summed E-state index contributed by atoms with van der Waals surface area (Å²) in [6.07, 6.45) is 5.69. The number of fused-ring (bicyclic) bond motifs is 1. The van der Waals surface area contributed by atoms with Crippen LogP contribution in [0.25, 0.3) is 23.1 Å². The molecule has 0 spiro atoms. The van der Waals surface area contributed by atoms with Crippen LogP contribution in [0.15, 0.2) is 76.7 Å². The van der Waals surface area contributed by atoms with E-state index in [4.69, 9.17) is 0 Å². The number of rotatable bonds is 6. The van der Waals surface area contributed by atoms with Crippen molar-refractivity contribution in [2.75, 3.05) is 5.32 Å². The molecule has 0 aliphatic carbocycles. The Hall–Kier alpha value is -3.38. The smallest absolute Gasteiger partial charge is 0.226 e. The Morgan fingerprint density at radius 3 is 2.70 bits per heavy atom. The fourth-order valence-electron chi connectivity index (χ4n) is 2.91. The number of benzene rings is 2. The third kappa shape index (κ3) is 4.78. The molecule has 0 saturated carbocycles. The third-order valence-electron chi connectivity index (χ3n) is 4.53. The lowest BCUT2D eigenvalue weighted by Crippen LogP contribution is -2.17. The highest BCUT2D eigenvalue weighted by Gasteiger charge is 2.09. The number of hydrogen-bond acceptors (Lipinski definition) is 4. The Morgan fingerprint density at radius 2 is 1.90 bits per heavy atom. The van der Waals surface area contributed by atoms with Crippen LogP contribution in [0, 0.1) is 5.92 Å². The monoisotopic (exact) mass is 414 g/mol. The quantitative estimate of drug-likeness (QED) is 0.414. The maximum absolute atomic E-state index is 11.9. The molecule has 30 heavy (non-hydrogen) atoms. The van der Waals surface area contributed by atoms with Crippen molar-refractivity contribution in [1.82, 2.24) is 15.2 Å². The predicted molar refractivity (Wildman–Crippen MR) is 123 cm³/mol. The van der Waals surface area contributed by atoms with E-state index in [1.807, 2.05) is 68.5 Å². The summed E-state index contributed by atoms with van der Waals surface area (Å²) in [6, 6.07) is 19.9. The third-order valence-corrected chi connectivity index (χ3v) is 5.50. The van der Waals surface area contributed by atoms with E-state index in [0.29, 0.717) is 0 Å². The molecule has 2 heterocycles. The molecule has 2 aromatic heterocycles. The van der Waals surface area contributed by atoms with Gasteiger partial charge >= 0.3 is 0 Å². The number of aromatic nitrogens is 3. The first-order valence-corrected chi connectivity index (χ1v) is 10.6. The van der Waals surface area contributed by atoms with Gasteiger partial charge in [0.1, 0.15) is 0 Å². The molecule has 2 N–H and O–H groups in total. The molecule has 0 atom stereocenters. The molecule has 2 aromatic carbocycles. The molecule has 1 amide bonds. The number of aromatic amines is 1. The maximum Gasteiger partial charge on any atom is 0.226 e. The summed E-state index contributed by atoms with van der Waals surface area (Å²) in [6.45, 7) is 3.76. The van der Waals surface area contributed by atoms with Gasteiger partial charge in [0.2, 0.25) is 5.91 Å². The minimum atomic E-state index is -0.0509. The van der Waals surface area contributed by atoms with Gasteiger partial charge in [0.05, 0.1) is 16.9 Å². The van der Waals surface area contributed by atoms with Gasteiger partial charge in [-0.2, -0.15) is 5.10 Å². The Kier molecular flexibility index (Phi) is 5.95. The zero-order valence-corrected chi connectivity index (χ0v) is 17.6. The fourth-order valence-corrected chi connectivity index (χ4v) is 3.83. The van der Waals surface area contributed by atoms with Crippen LogP contribution in [0.5, 0.6) is 0 Å². The van der Waals surface area contributed by atoms with Crippen LogP contribution >= 0.6 is 11.8 Å². The average molecular weight is 415 g/mol. The Labute approximate surface area is 179 Å². The Morgan fingerprint density at radius 1 is 1.03 bits per heavy atom. The van der Waals surface area contributed by atoms with Crippen molar-refractivity contribution in [3.8, 4) is 0 Å². The minimum absolute atomic E-state index is 0.0160. The van der Waals surface area contributed by atoms with E-state index in [0.717, 1.165) is 37.8 Å². The van der Waals surface area contributed by atoms with Crippen molar-refractivity contribution in [1.29, 1.82) is 0 Å². The summed E-state index contributed by atoms with van der Waals surface area (Å²) in [7, 11) is 0. The highest BCUT2D eigenvalue weighted by Crippen LogP contribution is 2.32. The van der Waals surface area contributed by atoms with E-state index in [2.05, 4.69) is 38.7 Å². The molecule has 0 radical (unpaired) electrons. The summed E-state index contributed by atoms with van der Waals surface area (Å²) in [4.78, 5) is 18.4. The SMILES string of the molecule is CC(C)C(=O)Nc1cccc(Sc2ccc3c(/C=C/c4ccccn4)n[nH]c3c2)c1. The van der Waals surface area contributed by atoms with Crippen LogP contribution in [0.2, 0.25) is 0 Å². The summed E-state index contributed by atoms with van der Waals surface area (Å²) in [5.41, 5.74) is 3.56. The highest BCUT2D eigenvalue weighted by atomic mass is 32.2. The zero-order chi connectivity index (χ0) is 20.9. The number of anilines is 1. The molecule has 0 aliphatic heterocycles. The van der Waals surface area contributed by atoms with E-state index in [1.165, 1.54) is 0 Å². The van der Waals surface area contributed by atoms with Crippen molar-refractivity contribution in [2.24, 2.45) is 5.92 Å². The standard InChI is InChI=1S/C24H22N4OS/c1-16(2)24(29)26-18-7-5-8-19(14-18)30-20-10-11-21-22(27-28-23(21)15-20)12-9-17-6-3-4-13-25-17/h3-16H,1-2H3,(H,26,29)(H,27,28)/b12-9+. The van der Waals surface area contributed by atoms with Crippen molar-refractivity contribution in [3.05, 3.63) is 78.2 Å². The molecular formula is C24H22N4OS. The lowest BCUT2D eigenvalue weighted by molar-refractivity contribution is -0.118. The summed E-state index contributed by atoms with van der Waals surface area (Å²) < 4.78 is 0. The van der Waals surface area contributed by atoms with Gasteiger partial charge in [-0.25, -0.2) is 0 Å². The van der Waals surface area contributed by atoms with Crippen LogP contribution in [0.4, 0.5) is 5.69 Å². The van der Waals surface area contributed by atoms with Crippen molar-refractivity contribution in [2.45, 2.75) is 23.6 Å². The van der Waals surface area contributed by atoms with Gasteiger partial charge in [-0.05, 0) is 60.7 Å². The van der Waals surface area contributed by atoms with E-state index in [9.17, 15) is 4.79 Å². The van der Waals surface area contributed by atoms with Crippen LogP contribution in [0.3, 0.4) is 0 Å². The van der Waals surface area contributed by atoms with Crippen molar-refractivity contribution in [3.63, 3.8) is 0 Å². The van der Waals surface area contributed by atoms with Gasteiger partial charge in [-0.15, -0.1) is 0 Å². The molecule has 0 bridgehead atoms. The summed E-state index contributed by atoms with van der Waals surface area (Å²) >= 11 is 1.64. The number of nitrogens with one attached hydrogen (secondary N) is 2. The maximum atomic E-state index is 11.9. The normalized spacial score (nSPS) is 11.4. The van der Waals surface area contributed by atoms with Crippen LogP contribution in [-0.2, 0) is 4.79 Å². The van der Waals surface area contributed by atoms with Crippen molar-refractivity contribution >= 4 is 46.4 Å². The number of carbonyl (C=O) groups is 1. The van der Waals surface area contributed by atoms with Gasteiger partial charge in [-0.3, -0.25) is 14.9 Å². The lowest BCUT2D eigenvalue weighted by atomic mass is 10.2. The van der Waals surface area contributed by atoms with E-state index < -0.39 is 0 Å². The fraction of sp³-hybridized carbons (Fsp3) is 0.125. The Balaban J connectivity index is 1.51. The molecule has 5 nitrogen and oxygen atoms in total. The molecule has 0 unspecified atom stereocenters. The molecular weight excluding hydrogens is 392 g/mol. The number of pyridine rings is 1. The lowest BCUT2D eigenvalue weighted by Gasteiger charge is -2.09. The van der Waals surface area contributed by atoms with Crippen LogP contribution < -0.4 is 5.32 Å². The summed E-state index contributed by atoms with van der Waals surface area (Å²) in [5.74, 6) is -0.0349. The molecule has 0 fully saturated rings. The summed E-state index contributed by atoms with van der Waals surface area (Å²) in [5, 5.41) is 11.5. The second kappa shape index (κ2) is 8.97. The van der Waals surface area contributed by atoms with Gasteiger partial charge in [0.25, 0.3) is 0 Å². The number of nitrogens with zero attached hydrogens (tertiary/aromatic N) is 2. The Bertz CT molecular complexity index is 1200. The zero-order valence-electron chi connectivity index (χ0n) is 16.8. The molecule has 0 aliphatic rings. The van der Waals surface area contributed by atoms with Gasteiger partial charge in [0, 0.05) is 33.0 Å². The van der Waals surface area contributed by atoms with Gasteiger partial charge in [0.15, 0.2) is 0 Å². The highest BCUT2D eigenvalue weighted by molar-refractivity contribution is 7.99. The molecule has 4 aromatic rings. The second-order valence-electron chi connectivity index (χ2n) is 7.18. The first-order chi connectivity index (χ1) is 14.6. The number of H-pyrrole nitrogens is 1. The topological polar surface area (TPSA) is 70.7 Å². The van der Waals surface area contributed by atoms with Crippen LogP contribution in [0.1, 0.15) is 25.2 Å². The molecule has 0 saturated heterocycles. The van der Waals surface area contributed by atoms with Crippen molar-refractivity contribution < 1.29 is 4.79 Å². The molecule has 6 heteroatoms. The largest absolute Gasteiger partial charge is 0.326 e. The molecule has 4 rings (SSSR count). The van der Waals surface area contributed by atoms with E-state index in [1.54, 1.807) is 18.0 Å². The number of carbonyl (C=O) groups excluding carboxylic acids is 1. The van der Waals surface area contributed by atoms with Gasteiger partial charge < -0.3 is 5.32 Å². The van der Waals surface area contributed by atoms with E-state index >= 15 is 0 Å². The minimum Gasteiger partial charge on any atom is -0.326 e. The van der Waals surface area contributed by atoms with Gasteiger partial charge in [-0.1, -0.05) is 37.7 Å². The first kappa shape index (κ1) is 19.9. The van der Waals surface area contributed by atoms with E-state index in [-0.39, 0.29) is 11.8 Å². The second-order valence-corrected chi connectivity index (χ2v) is 8.32.